The Kier molecular flexibility index (Phi) is 10.0. The van der Waals surface area contributed by atoms with Crippen molar-refractivity contribution in [3.8, 4) is 11.5 Å². The Balaban J connectivity index is 1.62. The molecule has 3 aliphatic heterocycles. The predicted octanol–water partition coefficient (Wildman–Crippen LogP) is 1.40. The molecule has 3 atom stereocenters. The number of aliphatic hydroxyl groups is 2. The number of unbranched alkanes of at least 4 members (excludes halogenated alkanes) is 1. The lowest BCUT2D eigenvalue weighted by molar-refractivity contribution is -0.144. The number of ether oxygens (including phenoxy) is 2. The van der Waals surface area contributed by atoms with E-state index < -0.39 is 23.8 Å². The maximum absolute atomic E-state index is 13.5. The number of hydrogen-bond donors (Lipinski definition) is 3. The Morgan fingerprint density at radius 2 is 1.95 bits per heavy atom. The van der Waals surface area contributed by atoms with Gasteiger partial charge < -0.3 is 34.6 Å². The molecular weight excluding hydrogens is 506 g/mol. The van der Waals surface area contributed by atoms with Crippen LogP contribution in [0.4, 0.5) is 0 Å². The first-order valence-electron chi connectivity index (χ1n) is 14.0. The second kappa shape index (κ2) is 13.5. The fourth-order valence-corrected chi connectivity index (χ4v) is 6.10. The second-order valence-corrected chi connectivity index (χ2v) is 10.6. The number of likely N-dealkylation sites (tertiary alicyclic amines) is 2. The number of hydrogen-bond acceptors (Lipinski definition) is 8. The lowest BCUT2D eigenvalue weighted by atomic mass is 9.83. The molecule has 216 valence electrons. The van der Waals surface area contributed by atoms with E-state index in [1.165, 1.54) is 0 Å². The van der Waals surface area contributed by atoms with Crippen LogP contribution in [0.25, 0.3) is 0 Å². The van der Waals surface area contributed by atoms with Crippen molar-refractivity contribution in [2.45, 2.75) is 64.0 Å². The Bertz CT molecular complexity index is 1030. The second-order valence-electron chi connectivity index (χ2n) is 10.6. The SMILES string of the molecule is CCCCN(CCCO)C(=O)CN1C[C@H](c2cc(CO)c3c(c2)OCO3)[C@@H](C(=O)O)[C@@H]1CCN1CCCC1=O. The number of carbonyl (C=O) groups excluding carboxylic acids is 2. The molecule has 1 aromatic carbocycles. The Hall–Kier alpha value is -2.89. The van der Waals surface area contributed by atoms with Gasteiger partial charge in [-0.15, -0.1) is 0 Å². The molecule has 0 bridgehead atoms. The Labute approximate surface area is 229 Å². The molecule has 11 heteroatoms. The van der Waals surface area contributed by atoms with Crippen molar-refractivity contribution >= 4 is 17.8 Å². The van der Waals surface area contributed by atoms with Crippen LogP contribution in [0.1, 0.15) is 62.5 Å². The highest BCUT2D eigenvalue weighted by atomic mass is 16.7. The lowest BCUT2D eigenvalue weighted by Gasteiger charge is -2.30. The van der Waals surface area contributed by atoms with E-state index in [0.717, 1.165) is 24.8 Å². The van der Waals surface area contributed by atoms with Crippen molar-refractivity contribution in [1.29, 1.82) is 0 Å². The summed E-state index contributed by atoms with van der Waals surface area (Å²) in [6.07, 6.45) is 4.01. The van der Waals surface area contributed by atoms with Gasteiger partial charge in [0.15, 0.2) is 11.5 Å². The van der Waals surface area contributed by atoms with Gasteiger partial charge in [0, 0.05) is 63.3 Å². The molecule has 11 nitrogen and oxygen atoms in total. The predicted molar refractivity (Wildman–Crippen MR) is 141 cm³/mol. The fraction of sp³-hybridized carbons (Fsp3) is 0.679. The molecule has 2 saturated heterocycles. The van der Waals surface area contributed by atoms with Gasteiger partial charge in [0.2, 0.25) is 18.6 Å². The van der Waals surface area contributed by atoms with Gasteiger partial charge in [-0.05, 0) is 43.4 Å². The summed E-state index contributed by atoms with van der Waals surface area (Å²) in [5, 5.41) is 29.7. The molecule has 0 aliphatic carbocycles. The van der Waals surface area contributed by atoms with Gasteiger partial charge in [0.05, 0.1) is 19.1 Å². The maximum atomic E-state index is 13.5. The van der Waals surface area contributed by atoms with Gasteiger partial charge in [-0.3, -0.25) is 19.3 Å². The number of benzene rings is 1. The molecule has 0 unspecified atom stereocenters. The third-order valence-corrected chi connectivity index (χ3v) is 8.13. The number of aliphatic carboxylic acids is 1. The largest absolute Gasteiger partial charge is 0.481 e. The summed E-state index contributed by atoms with van der Waals surface area (Å²) in [4.78, 5) is 44.0. The average Bonchev–Trinajstić information content (AvgIpc) is 3.65. The Morgan fingerprint density at radius 1 is 1.15 bits per heavy atom. The number of carboxylic acid groups (broad SMARTS) is 1. The third kappa shape index (κ3) is 6.64. The minimum absolute atomic E-state index is 0.00737. The molecule has 4 rings (SSSR count). The number of aliphatic hydroxyl groups excluding tert-OH is 2. The normalized spacial score (nSPS) is 22.6. The highest BCUT2D eigenvalue weighted by molar-refractivity contribution is 5.79. The number of carbonyl (C=O) groups is 3. The standard InChI is InChI=1S/C28H41N3O8/c1-2-3-8-29(10-5-12-32)25(35)16-31-15-21(19-13-20(17-33)27-23(14-19)38-18-39-27)26(28(36)37)22(31)7-11-30-9-4-6-24(30)34/h13-14,21-22,26,32-33H,2-12,15-18H2,1H3,(H,36,37)/t21-,22+,26-/m1/s1. The topological polar surface area (TPSA) is 140 Å². The molecule has 0 aromatic heterocycles. The minimum atomic E-state index is -0.959. The highest BCUT2D eigenvalue weighted by Gasteiger charge is 2.47. The van der Waals surface area contributed by atoms with E-state index in [2.05, 4.69) is 6.92 Å². The van der Waals surface area contributed by atoms with Gasteiger partial charge in [-0.1, -0.05) is 13.3 Å². The molecule has 2 fully saturated rings. The van der Waals surface area contributed by atoms with Gasteiger partial charge in [0.25, 0.3) is 0 Å². The van der Waals surface area contributed by atoms with Crippen LogP contribution in [-0.2, 0) is 21.0 Å². The van der Waals surface area contributed by atoms with Crippen molar-refractivity contribution in [3.05, 3.63) is 23.3 Å². The summed E-state index contributed by atoms with van der Waals surface area (Å²) < 4.78 is 11.1. The lowest BCUT2D eigenvalue weighted by Crippen LogP contribution is -2.46. The van der Waals surface area contributed by atoms with E-state index in [0.29, 0.717) is 69.0 Å². The number of rotatable bonds is 14. The van der Waals surface area contributed by atoms with Crippen LogP contribution >= 0.6 is 0 Å². The first kappa shape index (κ1) is 29.1. The minimum Gasteiger partial charge on any atom is -0.481 e. The van der Waals surface area contributed by atoms with Crippen molar-refractivity contribution in [1.82, 2.24) is 14.7 Å². The maximum Gasteiger partial charge on any atom is 0.308 e. The summed E-state index contributed by atoms with van der Waals surface area (Å²) in [5.41, 5.74) is 1.25. The van der Waals surface area contributed by atoms with Crippen molar-refractivity contribution in [2.24, 2.45) is 5.92 Å². The molecule has 0 spiro atoms. The summed E-state index contributed by atoms with van der Waals surface area (Å²) in [6.45, 7) is 4.35. The molecule has 3 heterocycles. The number of carboxylic acids is 1. The molecule has 3 N–H and O–H groups in total. The van der Waals surface area contributed by atoms with E-state index in [-0.39, 0.29) is 38.4 Å². The van der Waals surface area contributed by atoms with Crippen LogP contribution in [-0.4, -0.2) is 107 Å². The third-order valence-electron chi connectivity index (χ3n) is 8.13. The van der Waals surface area contributed by atoms with E-state index in [1.54, 1.807) is 21.9 Å². The first-order valence-corrected chi connectivity index (χ1v) is 14.0. The molecule has 39 heavy (non-hydrogen) atoms. The van der Waals surface area contributed by atoms with Crippen LogP contribution in [0.15, 0.2) is 12.1 Å². The quantitative estimate of drug-likeness (QED) is 0.315. The van der Waals surface area contributed by atoms with Crippen LogP contribution in [0.2, 0.25) is 0 Å². The molecule has 0 radical (unpaired) electrons. The Morgan fingerprint density at radius 3 is 2.62 bits per heavy atom. The number of fused-ring (bicyclic) bond motifs is 1. The molecule has 2 amide bonds. The van der Waals surface area contributed by atoms with Gasteiger partial charge in [-0.2, -0.15) is 0 Å². The van der Waals surface area contributed by atoms with Gasteiger partial charge >= 0.3 is 5.97 Å². The van der Waals surface area contributed by atoms with Gasteiger partial charge in [0.1, 0.15) is 0 Å². The number of nitrogens with zero attached hydrogens (tertiary/aromatic N) is 3. The summed E-state index contributed by atoms with van der Waals surface area (Å²) in [7, 11) is 0. The van der Waals surface area contributed by atoms with Crippen LogP contribution in [0.3, 0.4) is 0 Å². The summed E-state index contributed by atoms with van der Waals surface area (Å²) >= 11 is 0. The zero-order valence-corrected chi connectivity index (χ0v) is 22.7. The summed E-state index contributed by atoms with van der Waals surface area (Å²) in [6, 6.07) is 3.09. The zero-order chi connectivity index (χ0) is 27.9. The van der Waals surface area contributed by atoms with Crippen LogP contribution in [0, 0.1) is 5.92 Å². The van der Waals surface area contributed by atoms with Crippen LogP contribution in [0.5, 0.6) is 11.5 Å². The average molecular weight is 548 g/mol. The van der Waals surface area contributed by atoms with Crippen molar-refractivity contribution in [3.63, 3.8) is 0 Å². The van der Waals surface area contributed by atoms with E-state index in [9.17, 15) is 29.7 Å². The molecule has 3 aliphatic rings. The van der Waals surface area contributed by atoms with E-state index in [1.807, 2.05) is 4.90 Å². The number of amides is 2. The molecule has 0 saturated carbocycles. The van der Waals surface area contributed by atoms with Crippen molar-refractivity contribution in [2.75, 3.05) is 52.7 Å². The van der Waals surface area contributed by atoms with E-state index >= 15 is 0 Å². The molecular formula is C28H41N3O8. The fourth-order valence-electron chi connectivity index (χ4n) is 6.10. The highest BCUT2D eigenvalue weighted by Crippen LogP contribution is 2.44. The monoisotopic (exact) mass is 547 g/mol. The summed E-state index contributed by atoms with van der Waals surface area (Å²) in [5.74, 6) is -1.29. The zero-order valence-electron chi connectivity index (χ0n) is 22.7. The smallest absolute Gasteiger partial charge is 0.308 e. The van der Waals surface area contributed by atoms with Gasteiger partial charge in [-0.25, -0.2) is 0 Å². The van der Waals surface area contributed by atoms with Crippen LogP contribution < -0.4 is 9.47 Å². The first-order chi connectivity index (χ1) is 18.9. The van der Waals surface area contributed by atoms with Crippen molar-refractivity contribution < 1.29 is 39.2 Å². The van der Waals surface area contributed by atoms with E-state index in [4.69, 9.17) is 9.47 Å². The molecule has 1 aromatic rings.